The molecule has 0 radical (unpaired) electrons. The van der Waals surface area contributed by atoms with Gasteiger partial charge in [0.15, 0.2) is 0 Å². The Kier molecular flexibility index (Phi) is 6.56. The molecule has 0 rings (SSSR count). The summed E-state index contributed by atoms with van der Waals surface area (Å²) in [5.74, 6) is 0. The van der Waals surface area contributed by atoms with Gasteiger partial charge in [-0.05, 0) is 52.9 Å². The molecule has 0 unspecified atom stereocenters. The second-order valence-electron chi connectivity index (χ2n) is 4.58. The molecule has 1 heteroatoms. The zero-order valence-corrected chi connectivity index (χ0v) is 9.84. The Morgan fingerprint density at radius 2 is 2.00 bits per heavy atom. The minimum atomic E-state index is -0.513. The van der Waals surface area contributed by atoms with Crippen LogP contribution in [0.25, 0.3) is 0 Å². The number of hydrogen-bond donors (Lipinski definition) is 1. The van der Waals surface area contributed by atoms with Crippen molar-refractivity contribution in [1.29, 1.82) is 0 Å². The minimum absolute atomic E-state index is 0.513. The zero-order chi connectivity index (χ0) is 11.0. The Bertz CT molecular complexity index is 184. The van der Waals surface area contributed by atoms with Crippen LogP contribution in [0.5, 0.6) is 0 Å². The quantitative estimate of drug-likeness (QED) is 0.484. The van der Waals surface area contributed by atoms with E-state index >= 15 is 0 Å². The first-order valence-corrected chi connectivity index (χ1v) is 5.44. The Morgan fingerprint density at radius 3 is 2.50 bits per heavy atom. The van der Waals surface area contributed by atoms with Crippen LogP contribution in [-0.4, -0.2) is 10.7 Å². The van der Waals surface area contributed by atoms with E-state index in [1.165, 1.54) is 5.57 Å². The lowest BCUT2D eigenvalue weighted by Crippen LogP contribution is -2.17. The van der Waals surface area contributed by atoms with Crippen LogP contribution in [0.4, 0.5) is 0 Å². The highest BCUT2D eigenvalue weighted by Crippen LogP contribution is 2.15. The Morgan fingerprint density at radius 1 is 1.36 bits per heavy atom. The Hall–Kier alpha value is -0.560. The molecule has 0 amide bonds. The summed E-state index contributed by atoms with van der Waals surface area (Å²) < 4.78 is 0. The lowest BCUT2D eigenvalue weighted by Gasteiger charge is -2.16. The summed E-state index contributed by atoms with van der Waals surface area (Å²) >= 11 is 0. The molecule has 0 aromatic heterocycles. The van der Waals surface area contributed by atoms with Gasteiger partial charge in [0, 0.05) is 0 Å². The molecule has 82 valence electrons. The number of unbranched alkanes of at least 4 members (excludes halogenated alkanes) is 1. The van der Waals surface area contributed by atoms with Crippen molar-refractivity contribution in [3.8, 4) is 0 Å². The van der Waals surface area contributed by atoms with Crippen molar-refractivity contribution in [2.45, 2.75) is 58.5 Å². The molecule has 1 N–H and O–H groups in total. The van der Waals surface area contributed by atoms with Crippen molar-refractivity contribution in [3.63, 3.8) is 0 Å². The maximum atomic E-state index is 9.51. The maximum Gasteiger partial charge on any atom is 0.0591 e. The van der Waals surface area contributed by atoms with Gasteiger partial charge < -0.3 is 5.11 Å². The van der Waals surface area contributed by atoms with Crippen LogP contribution in [-0.2, 0) is 0 Å². The average Bonchev–Trinajstić information content (AvgIpc) is 2.02. The molecule has 0 bridgehead atoms. The molecular weight excluding hydrogens is 172 g/mol. The van der Waals surface area contributed by atoms with Crippen LogP contribution in [0.15, 0.2) is 24.3 Å². The molecule has 0 aliphatic carbocycles. The van der Waals surface area contributed by atoms with E-state index < -0.39 is 5.60 Å². The number of allylic oxidation sites excluding steroid dienone is 3. The summed E-state index contributed by atoms with van der Waals surface area (Å²) in [7, 11) is 0. The second-order valence-corrected chi connectivity index (χ2v) is 4.58. The van der Waals surface area contributed by atoms with E-state index in [1.807, 2.05) is 19.9 Å². The van der Waals surface area contributed by atoms with Crippen LogP contribution in [0.3, 0.4) is 0 Å². The van der Waals surface area contributed by atoms with E-state index in [1.54, 1.807) is 0 Å². The molecule has 0 saturated heterocycles. The fourth-order valence-electron chi connectivity index (χ4n) is 1.35. The van der Waals surface area contributed by atoms with Gasteiger partial charge >= 0.3 is 0 Å². The SMILES string of the molecule is C=CCCC=C(C)CCCC(C)(C)O. The van der Waals surface area contributed by atoms with Crippen molar-refractivity contribution in [3.05, 3.63) is 24.3 Å². The van der Waals surface area contributed by atoms with Crippen molar-refractivity contribution in [1.82, 2.24) is 0 Å². The highest BCUT2D eigenvalue weighted by Gasteiger charge is 2.10. The lowest BCUT2D eigenvalue weighted by atomic mass is 9.99. The molecule has 0 atom stereocenters. The van der Waals surface area contributed by atoms with Crippen LogP contribution < -0.4 is 0 Å². The van der Waals surface area contributed by atoms with E-state index in [2.05, 4.69) is 19.6 Å². The van der Waals surface area contributed by atoms with Crippen LogP contribution in [0.1, 0.15) is 52.9 Å². The first kappa shape index (κ1) is 13.4. The van der Waals surface area contributed by atoms with Crippen molar-refractivity contribution >= 4 is 0 Å². The first-order chi connectivity index (χ1) is 6.45. The molecule has 14 heavy (non-hydrogen) atoms. The monoisotopic (exact) mass is 196 g/mol. The molecule has 0 heterocycles. The van der Waals surface area contributed by atoms with Crippen molar-refractivity contribution in [2.75, 3.05) is 0 Å². The molecule has 0 saturated carbocycles. The second kappa shape index (κ2) is 6.83. The van der Waals surface area contributed by atoms with Crippen molar-refractivity contribution in [2.24, 2.45) is 0 Å². The molecule has 0 spiro atoms. The topological polar surface area (TPSA) is 20.2 Å². The van der Waals surface area contributed by atoms with Gasteiger partial charge in [-0.2, -0.15) is 0 Å². The van der Waals surface area contributed by atoms with E-state index in [9.17, 15) is 5.11 Å². The molecule has 0 aromatic rings. The minimum Gasteiger partial charge on any atom is -0.390 e. The van der Waals surface area contributed by atoms with E-state index in [0.717, 1.165) is 32.1 Å². The van der Waals surface area contributed by atoms with Gasteiger partial charge in [-0.15, -0.1) is 6.58 Å². The fraction of sp³-hybridized carbons (Fsp3) is 0.692. The van der Waals surface area contributed by atoms with Gasteiger partial charge in [0.2, 0.25) is 0 Å². The lowest BCUT2D eigenvalue weighted by molar-refractivity contribution is 0.0689. The summed E-state index contributed by atoms with van der Waals surface area (Å²) in [6.07, 6.45) is 9.41. The number of aliphatic hydroxyl groups is 1. The maximum absolute atomic E-state index is 9.51. The highest BCUT2D eigenvalue weighted by atomic mass is 16.3. The van der Waals surface area contributed by atoms with E-state index in [4.69, 9.17) is 0 Å². The molecule has 1 nitrogen and oxygen atoms in total. The van der Waals surface area contributed by atoms with Gasteiger partial charge in [0.05, 0.1) is 5.60 Å². The summed E-state index contributed by atoms with van der Waals surface area (Å²) in [6.45, 7) is 9.58. The smallest absolute Gasteiger partial charge is 0.0591 e. The Labute approximate surface area is 88.5 Å². The van der Waals surface area contributed by atoms with Crippen LogP contribution in [0.2, 0.25) is 0 Å². The average molecular weight is 196 g/mol. The summed E-state index contributed by atoms with van der Waals surface area (Å²) in [6, 6.07) is 0. The number of hydrogen-bond acceptors (Lipinski definition) is 1. The van der Waals surface area contributed by atoms with E-state index in [-0.39, 0.29) is 0 Å². The predicted molar refractivity (Wildman–Crippen MR) is 63.3 cm³/mol. The zero-order valence-electron chi connectivity index (χ0n) is 9.84. The molecule has 0 aliphatic heterocycles. The van der Waals surface area contributed by atoms with Gasteiger partial charge in [-0.1, -0.05) is 17.7 Å². The highest BCUT2D eigenvalue weighted by molar-refractivity contribution is 4.98. The normalized spacial score (nSPS) is 13.0. The van der Waals surface area contributed by atoms with E-state index in [0.29, 0.717) is 0 Å². The standard InChI is InChI=1S/C13H24O/c1-5-6-7-9-12(2)10-8-11-13(3,4)14/h5,9,14H,1,6-8,10-11H2,2-4H3. The molecular formula is C13H24O. The third-order valence-corrected chi connectivity index (χ3v) is 2.22. The Balaban J connectivity index is 3.57. The third kappa shape index (κ3) is 9.53. The van der Waals surface area contributed by atoms with Gasteiger partial charge in [-0.25, -0.2) is 0 Å². The largest absolute Gasteiger partial charge is 0.390 e. The number of rotatable bonds is 7. The summed E-state index contributed by atoms with van der Waals surface area (Å²) in [5, 5.41) is 9.51. The fourth-order valence-corrected chi connectivity index (χ4v) is 1.35. The van der Waals surface area contributed by atoms with Crippen molar-refractivity contribution < 1.29 is 5.11 Å². The van der Waals surface area contributed by atoms with Gasteiger partial charge in [0.1, 0.15) is 0 Å². The summed E-state index contributed by atoms with van der Waals surface area (Å²) in [4.78, 5) is 0. The van der Waals surface area contributed by atoms with Crippen LogP contribution in [0, 0.1) is 0 Å². The van der Waals surface area contributed by atoms with Gasteiger partial charge in [-0.3, -0.25) is 0 Å². The van der Waals surface area contributed by atoms with Crippen LogP contribution >= 0.6 is 0 Å². The third-order valence-electron chi connectivity index (χ3n) is 2.22. The predicted octanol–water partition coefficient (Wildman–Crippen LogP) is 3.84. The first-order valence-electron chi connectivity index (χ1n) is 5.44. The van der Waals surface area contributed by atoms with Gasteiger partial charge in [0.25, 0.3) is 0 Å². The molecule has 0 aliphatic rings. The molecule has 0 fully saturated rings. The summed E-state index contributed by atoms with van der Waals surface area (Å²) in [5.41, 5.74) is 0.914. The molecule has 0 aromatic carbocycles.